The summed E-state index contributed by atoms with van der Waals surface area (Å²) in [5, 5.41) is 14.6. The molecule has 1 atom stereocenters. The Kier molecular flexibility index (Phi) is 5.56. The van der Waals surface area contributed by atoms with Gasteiger partial charge in [-0.1, -0.05) is 12.1 Å². The van der Waals surface area contributed by atoms with Crippen LogP contribution in [0.4, 0.5) is 0 Å². The minimum absolute atomic E-state index is 0.0243. The minimum Gasteiger partial charge on any atom is -0.409 e. The molecule has 1 aliphatic rings. The van der Waals surface area contributed by atoms with Gasteiger partial charge in [-0.15, -0.1) is 0 Å². The molecule has 0 aliphatic heterocycles. The van der Waals surface area contributed by atoms with E-state index in [2.05, 4.69) is 10.5 Å². The lowest BCUT2D eigenvalue weighted by Crippen LogP contribution is -2.57. The van der Waals surface area contributed by atoms with Crippen molar-refractivity contribution in [1.29, 1.82) is 0 Å². The average Bonchev–Trinajstić information content (AvgIpc) is 2.38. The molecule has 0 heterocycles. The van der Waals surface area contributed by atoms with E-state index in [1.54, 1.807) is 14.2 Å². The molecular weight excluding hydrogens is 250 g/mol. The second-order valence-corrected chi connectivity index (χ2v) is 5.10. The topological polar surface area (TPSA) is 106 Å². The van der Waals surface area contributed by atoms with E-state index in [1.807, 2.05) is 6.92 Å². The van der Waals surface area contributed by atoms with Gasteiger partial charge in [0.1, 0.15) is 5.41 Å². The van der Waals surface area contributed by atoms with E-state index in [1.165, 1.54) is 0 Å². The Morgan fingerprint density at radius 3 is 2.63 bits per heavy atom. The lowest BCUT2D eigenvalue weighted by atomic mass is 9.61. The van der Waals surface area contributed by atoms with Crippen LogP contribution in [0.25, 0.3) is 0 Å². The number of methoxy groups -OCH3 is 2. The zero-order chi connectivity index (χ0) is 14.5. The summed E-state index contributed by atoms with van der Waals surface area (Å²) in [7, 11) is 3.12. The summed E-state index contributed by atoms with van der Waals surface area (Å²) in [5.74, 6) is 0.145. The van der Waals surface area contributed by atoms with Gasteiger partial charge in [-0.2, -0.15) is 0 Å². The van der Waals surface area contributed by atoms with Gasteiger partial charge in [0.25, 0.3) is 0 Å². The number of carbonyl (C=O) groups is 1. The first-order valence-corrected chi connectivity index (χ1v) is 6.28. The number of oxime groups is 1. The summed E-state index contributed by atoms with van der Waals surface area (Å²) in [6, 6.07) is 0. The molecule has 1 unspecified atom stereocenters. The Hall–Kier alpha value is -1.34. The van der Waals surface area contributed by atoms with Gasteiger partial charge in [0, 0.05) is 20.8 Å². The van der Waals surface area contributed by atoms with E-state index in [4.69, 9.17) is 20.4 Å². The molecule has 1 amide bonds. The number of nitrogens with two attached hydrogens (primary N) is 1. The zero-order valence-electron chi connectivity index (χ0n) is 11.7. The third-order valence-corrected chi connectivity index (χ3v) is 3.60. The number of carbonyl (C=O) groups excluding carboxylic acids is 1. The Morgan fingerprint density at radius 2 is 2.21 bits per heavy atom. The van der Waals surface area contributed by atoms with Crippen molar-refractivity contribution in [3.63, 3.8) is 0 Å². The number of amides is 1. The van der Waals surface area contributed by atoms with Crippen molar-refractivity contribution in [1.82, 2.24) is 5.32 Å². The van der Waals surface area contributed by atoms with Crippen LogP contribution in [-0.4, -0.2) is 50.4 Å². The summed E-state index contributed by atoms with van der Waals surface area (Å²) < 4.78 is 10.1. The van der Waals surface area contributed by atoms with E-state index >= 15 is 0 Å². The zero-order valence-corrected chi connectivity index (χ0v) is 11.7. The van der Waals surface area contributed by atoms with Gasteiger partial charge in [-0.05, 0) is 18.8 Å². The van der Waals surface area contributed by atoms with Crippen LogP contribution in [0.2, 0.25) is 0 Å². The van der Waals surface area contributed by atoms with Crippen molar-refractivity contribution in [2.24, 2.45) is 22.2 Å². The standard InChI is InChI=1S/C12H23N3O4/c1-8-4-12(5-8,10(13)15-17)11(16)14-6-9(19-3)7-18-2/h8-9,17H,4-7H2,1-3H3,(H2,13,15)(H,14,16). The Labute approximate surface area is 113 Å². The quantitative estimate of drug-likeness (QED) is 0.260. The highest BCUT2D eigenvalue weighted by molar-refractivity contribution is 6.07. The van der Waals surface area contributed by atoms with Gasteiger partial charge in [-0.25, -0.2) is 0 Å². The third kappa shape index (κ3) is 3.36. The summed E-state index contributed by atoms with van der Waals surface area (Å²) in [5.41, 5.74) is 4.78. The van der Waals surface area contributed by atoms with Crippen molar-refractivity contribution in [2.45, 2.75) is 25.9 Å². The fourth-order valence-corrected chi connectivity index (χ4v) is 2.51. The van der Waals surface area contributed by atoms with Crippen LogP contribution in [0.5, 0.6) is 0 Å². The Morgan fingerprint density at radius 1 is 1.58 bits per heavy atom. The first-order valence-electron chi connectivity index (χ1n) is 6.28. The molecule has 0 bridgehead atoms. The molecule has 0 aromatic rings. The molecule has 1 rings (SSSR count). The van der Waals surface area contributed by atoms with Crippen LogP contribution < -0.4 is 11.1 Å². The SMILES string of the molecule is COCC(CNC(=O)C1(C(N)=NO)CC(C)C1)OC. The fraction of sp³-hybridized carbons (Fsp3) is 0.833. The van der Waals surface area contributed by atoms with Gasteiger partial charge in [0.05, 0.1) is 12.7 Å². The van der Waals surface area contributed by atoms with Gasteiger partial charge >= 0.3 is 0 Å². The molecule has 4 N–H and O–H groups in total. The normalized spacial score (nSPS) is 28.6. The number of rotatable bonds is 7. The minimum atomic E-state index is -0.875. The maximum Gasteiger partial charge on any atom is 0.234 e. The molecule has 19 heavy (non-hydrogen) atoms. The molecule has 0 aromatic heterocycles. The van der Waals surface area contributed by atoms with Gasteiger partial charge in [0.2, 0.25) is 5.91 Å². The predicted molar refractivity (Wildman–Crippen MR) is 69.9 cm³/mol. The number of nitrogens with zero attached hydrogens (tertiary/aromatic N) is 1. The van der Waals surface area contributed by atoms with Crippen molar-refractivity contribution >= 4 is 11.7 Å². The molecule has 110 valence electrons. The predicted octanol–water partition coefficient (Wildman–Crippen LogP) is -0.0733. The summed E-state index contributed by atoms with van der Waals surface area (Å²) >= 11 is 0. The number of ether oxygens (including phenoxy) is 2. The molecule has 7 heteroatoms. The van der Waals surface area contributed by atoms with Crippen LogP contribution in [0.15, 0.2) is 5.16 Å². The second kappa shape index (κ2) is 6.72. The first-order chi connectivity index (χ1) is 9.00. The summed E-state index contributed by atoms with van der Waals surface area (Å²) in [6.45, 7) is 2.75. The second-order valence-electron chi connectivity index (χ2n) is 5.10. The van der Waals surface area contributed by atoms with Crippen molar-refractivity contribution < 1.29 is 19.5 Å². The van der Waals surface area contributed by atoms with Gasteiger partial charge in [-0.3, -0.25) is 4.79 Å². The van der Waals surface area contributed by atoms with Crippen LogP contribution in [-0.2, 0) is 14.3 Å². The number of hydrogen-bond acceptors (Lipinski definition) is 5. The van der Waals surface area contributed by atoms with E-state index in [0.29, 0.717) is 31.9 Å². The van der Waals surface area contributed by atoms with E-state index in [9.17, 15) is 4.79 Å². The first kappa shape index (κ1) is 15.7. The molecule has 0 spiro atoms. The van der Waals surface area contributed by atoms with Crippen LogP contribution in [0, 0.1) is 11.3 Å². The number of amidine groups is 1. The largest absolute Gasteiger partial charge is 0.409 e. The maximum atomic E-state index is 12.2. The van der Waals surface area contributed by atoms with E-state index in [0.717, 1.165) is 0 Å². The van der Waals surface area contributed by atoms with Gasteiger partial charge < -0.3 is 25.7 Å². The number of nitrogens with one attached hydrogen (secondary N) is 1. The average molecular weight is 273 g/mol. The Balaban J connectivity index is 2.60. The molecule has 1 fully saturated rings. The molecule has 0 saturated heterocycles. The third-order valence-electron chi connectivity index (χ3n) is 3.60. The summed E-state index contributed by atoms with van der Waals surface area (Å²) in [4.78, 5) is 12.2. The monoisotopic (exact) mass is 273 g/mol. The van der Waals surface area contributed by atoms with Crippen molar-refractivity contribution in [2.75, 3.05) is 27.4 Å². The smallest absolute Gasteiger partial charge is 0.234 e. The van der Waals surface area contributed by atoms with E-state index < -0.39 is 5.41 Å². The maximum absolute atomic E-state index is 12.2. The van der Waals surface area contributed by atoms with E-state index in [-0.39, 0.29) is 17.8 Å². The summed E-state index contributed by atoms with van der Waals surface area (Å²) in [6.07, 6.45) is 0.976. The molecule has 1 saturated carbocycles. The molecular formula is C12H23N3O4. The van der Waals surface area contributed by atoms with Crippen molar-refractivity contribution in [3.8, 4) is 0 Å². The highest BCUT2D eigenvalue weighted by Gasteiger charge is 2.52. The van der Waals surface area contributed by atoms with Crippen LogP contribution in [0.3, 0.4) is 0 Å². The highest BCUT2D eigenvalue weighted by atomic mass is 16.5. The Bertz CT molecular complexity index is 340. The van der Waals surface area contributed by atoms with Crippen LogP contribution in [0.1, 0.15) is 19.8 Å². The highest BCUT2D eigenvalue weighted by Crippen LogP contribution is 2.45. The molecule has 7 nitrogen and oxygen atoms in total. The van der Waals surface area contributed by atoms with Crippen LogP contribution >= 0.6 is 0 Å². The molecule has 0 aromatic carbocycles. The molecule has 0 radical (unpaired) electrons. The lowest BCUT2D eigenvalue weighted by molar-refractivity contribution is -0.133. The molecule has 1 aliphatic carbocycles. The lowest BCUT2D eigenvalue weighted by Gasteiger charge is -2.43. The van der Waals surface area contributed by atoms with Gasteiger partial charge in [0.15, 0.2) is 5.84 Å². The number of hydrogen-bond donors (Lipinski definition) is 3. The fourth-order valence-electron chi connectivity index (χ4n) is 2.51. The van der Waals surface area contributed by atoms with Crippen molar-refractivity contribution in [3.05, 3.63) is 0 Å².